The van der Waals surface area contributed by atoms with Gasteiger partial charge in [0.25, 0.3) is 5.91 Å². The highest BCUT2D eigenvalue weighted by atomic mass is 32.2. The number of rotatable bonds is 6. The monoisotopic (exact) mass is 395 g/mol. The van der Waals surface area contributed by atoms with Crippen LogP contribution in [0.15, 0.2) is 71.7 Å². The van der Waals surface area contributed by atoms with Gasteiger partial charge in [-0.05, 0) is 22.8 Å². The predicted octanol–water partition coefficient (Wildman–Crippen LogP) is 4.59. The maximum Gasteiger partial charge on any atom is 0.305 e. The number of thioether (sulfide) groups is 1. The summed E-state index contributed by atoms with van der Waals surface area (Å²) in [4.78, 5) is 24.8. The van der Waals surface area contributed by atoms with Crippen LogP contribution in [0.25, 0.3) is 17.2 Å². The molecule has 0 spiro atoms. The Kier molecular flexibility index (Phi) is 6.21. The predicted molar refractivity (Wildman–Crippen MR) is 113 cm³/mol. The highest BCUT2D eigenvalue weighted by Crippen LogP contribution is 2.31. The summed E-state index contributed by atoms with van der Waals surface area (Å²) >= 11 is 6.35. The molecule has 0 radical (unpaired) electrons. The van der Waals surface area contributed by atoms with Crippen molar-refractivity contribution in [1.82, 2.24) is 4.90 Å². The minimum atomic E-state index is -0.952. The van der Waals surface area contributed by atoms with Gasteiger partial charge in [-0.25, -0.2) is 0 Å². The molecular weight excluding hydrogens is 378 g/mol. The molecule has 0 unspecified atom stereocenters. The van der Waals surface area contributed by atoms with Crippen LogP contribution in [0.3, 0.4) is 0 Å². The molecule has 1 heterocycles. The van der Waals surface area contributed by atoms with Gasteiger partial charge in [-0.2, -0.15) is 0 Å². The molecule has 3 rings (SSSR count). The fourth-order valence-electron chi connectivity index (χ4n) is 2.58. The summed E-state index contributed by atoms with van der Waals surface area (Å²) in [5, 5.41) is 8.76. The maximum atomic E-state index is 12.3. The first-order valence-corrected chi connectivity index (χ1v) is 9.56. The average Bonchev–Trinajstić information content (AvgIpc) is 2.94. The Hall–Kier alpha value is -2.70. The van der Waals surface area contributed by atoms with Gasteiger partial charge in [0.2, 0.25) is 0 Å². The second-order valence-corrected chi connectivity index (χ2v) is 7.52. The Morgan fingerprint density at radius 2 is 1.74 bits per heavy atom. The van der Waals surface area contributed by atoms with Crippen LogP contribution >= 0.6 is 24.0 Å². The topological polar surface area (TPSA) is 57.6 Å². The SMILES string of the molecule is O=C(O)CCN1C(=O)C(=CC=Cc2ccc(-c3ccccc3)cc2)SC1=S. The summed E-state index contributed by atoms with van der Waals surface area (Å²) in [7, 11) is 0. The third-order valence-electron chi connectivity index (χ3n) is 3.98. The molecule has 1 saturated heterocycles. The molecule has 1 amide bonds. The second-order valence-electron chi connectivity index (χ2n) is 5.85. The number of benzene rings is 2. The normalized spacial score (nSPS) is 15.9. The average molecular weight is 396 g/mol. The van der Waals surface area contributed by atoms with Crippen LogP contribution in [-0.4, -0.2) is 32.7 Å². The van der Waals surface area contributed by atoms with Gasteiger partial charge in [0.15, 0.2) is 0 Å². The molecule has 136 valence electrons. The fourth-order valence-corrected chi connectivity index (χ4v) is 3.84. The Morgan fingerprint density at radius 3 is 2.41 bits per heavy atom. The lowest BCUT2D eigenvalue weighted by atomic mass is 10.0. The van der Waals surface area contributed by atoms with Crippen molar-refractivity contribution in [2.45, 2.75) is 6.42 Å². The number of carboxylic acid groups (broad SMARTS) is 1. The minimum Gasteiger partial charge on any atom is -0.481 e. The van der Waals surface area contributed by atoms with Crippen LogP contribution in [0, 0.1) is 0 Å². The first-order chi connectivity index (χ1) is 13.0. The van der Waals surface area contributed by atoms with Gasteiger partial charge in [-0.15, -0.1) is 0 Å². The van der Waals surface area contributed by atoms with Crippen LogP contribution in [0.5, 0.6) is 0 Å². The molecule has 0 bridgehead atoms. The zero-order valence-corrected chi connectivity index (χ0v) is 16.0. The first kappa shape index (κ1) is 19.1. The van der Waals surface area contributed by atoms with Crippen molar-refractivity contribution < 1.29 is 14.7 Å². The van der Waals surface area contributed by atoms with Crippen LogP contribution in [-0.2, 0) is 9.59 Å². The van der Waals surface area contributed by atoms with E-state index in [4.69, 9.17) is 17.3 Å². The van der Waals surface area contributed by atoms with Crippen molar-refractivity contribution in [3.05, 3.63) is 77.2 Å². The molecule has 6 heteroatoms. The lowest BCUT2D eigenvalue weighted by molar-refractivity contribution is -0.137. The zero-order valence-electron chi connectivity index (χ0n) is 14.4. The van der Waals surface area contributed by atoms with Gasteiger partial charge in [-0.3, -0.25) is 14.5 Å². The van der Waals surface area contributed by atoms with E-state index in [1.165, 1.54) is 16.7 Å². The summed E-state index contributed by atoms with van der Waals surface area (Å²) in [6.07, 6.45) is 5.31. The van der Waals surface area contributed by atoms with E-state index < -0.39 is 5.97 Å². The molecule has 2 aromatic rings. The van der Waals surface area contributed by atoms with E-state index in [1.54, 1.807) is 12.2 Å². The summed E-state index contributed by atoms with van der Waals surface area (Å²) in [6, 6.07) is 18.3. The van der Waals surface area contributed by atoms with Crippen LogP contribution in [0.2, 0.25) is 0 Å². The summed E-state index contributed by atoms with van der Waals surface area (Å²) in [6.45, 7) is 0.0992. The van der Waals surface area contributed by atoms with Crippen molar-refractivity contribution >= 4 is 46.3 Å². The molecular formula is C21H17NO3S2. The number of carbonyl (C=O) groups excluding carboxylic acids is 1. The molecule has 1 N–H and O–H groups in total. The van der Waals surface area contributed by atoms with Gasteiger partial charge >= 0.3 is 5.97 Å². The van der Waals surface area contributed by atoms with Crippen molar-refractivity contribution in [1.29, 1.82) is 0 Å². The standard InChI is InChI=1S/C21H17NO3S2/c23-19(24)13-14-22-20(25)18(27-21(22)26)8-4-5-15-9-11-17(12-10-15)16-6-2-1-3-7-16/h1-12H,13-14H2,(H,23,24). The maximum absolute atomic E-state index is 12.3. The largest absolute Gasteiger partial charge is 0.481 e. The molecule has 4 nitrogen and oxygen atoms in total. The number of allylic oxidation sites excluding steroid dienone is 2. The highest BCUT2D eigenvalue weighted by molar-refractivity contribution is 8.26. The van der Waals surface area contributed by atoms with E-state index in [-0.39, 0.29) is 18.9 Å². The number of hydrogen-bond acceptors (Lipinski definition) is 4. The second kappa shape index (κ2) is 8.79. The summed E-state index contributed by atoms with van der Waals surface area (Å²) in [5.41, 5.74) is 3.33. The number of carbonyl (C=O) groups is 2. The first-order valence-electron chi connectivity index (χ1n) is 8.34. The quantitative estimate of drug-likeness (QED) is 0.573. The third kappa shape index (κ3) is 4.93. The van der Waals surface area contributed by atoms with E-state index in [0.717, 1.165) is 16.7 Å². The Balaban J connectivity index is 1.65. The van der Waals surface area contributed by atoms with Crippen molar-refractivity contribution in [2.75, 3.05) is 6.54 Å². The molecule has 2 aromatic carbocycles. The van der Waals surface area contributed by atoms with Gasteiger partial charge in [0.1, 0.15) is 4.32 Å². The van der Waals surface area contributed by atoms with Crippen molar-refractivity contribution in [3.63, 3.8) is 0 Å². The van der Waals surface area contributed by atoms with Gasteiger partial charge in [0.05, 0.1) is 11.3 Å². The number of nitrogens with zero attached hydrogens (tertiary/aromatic N) is 1. The van der Waals surface area contributed by atoms with Crippen LogP contribution in [0.4, 0.5) is 0 Å². The Labute approximate surface area is 167 Å². The lowest BCUT2D eigenvalue weighted by Crippen LogP contribution is -2.30. The number of aliphatic carboxylic acids is 1. The number of hydrogen-bond donors (Lipinski definition) is 1. The minimum absolute atomic E-state index is 0.0992. The molecule has 0 aliphatic carbocycles. The smallest absolute Gasteiger partial charge is 0.305 e. The molecule has 27 heavy (non-hydrogen) atoms. The van der Waals surface area contributed by atoms with Crippen LogP contribution < -0.4 is 0 Å². The molecule has 0 aromatic heterocycles. The highest BCUT2D eigenvalue weighted by Gasteiger charge is 2.31. The number of carboxylic acids is 1. The van der Waals surface area contributed by atoms with Gasteiger partial charge in [0, 0.05) is 6.54 Å². The van der Waals surface area contributed by atoms with E-state index in [9.17, 15) is 9.59 Å². The Morgan fingerprint density at radius 1 is 1.07 bits per heavy atom. The molecule has 1 fully saturated rings. The zero-order chi connectivity index (χ0) is 19.2. The van der Waals surface area contributed by atoms with Gasteiger partial charge in [-0.1, -0.05) is 90.7 Å². The molecule has 0 saturated carbocycles. The number of amides is 1. The summed E-state index contributed by atoms with van der Waals surface area (Å²) in [5.74, 6) is -1.19. The van der Waals surface area contributed by atoms with Crippen LogP contribution in [0.1, 0.15) is 12.0 Å². The van der Waals surface area contributed by atoms with Crippen molar-refractivity contribution in [3.8, 4) is 11.1 Å². The molecule has 1 aliphatic rings. The summed E-state index contributed by atoms with van der Waals surface area (Å²) < 4.78 is 0.396. The van der Waals surface area contributed by atoms with E-state index in [2.05, 4.69) is 24.3 Å². The van der Waals surface area contributed by atoms with Gasteiger partial charge < -0.3 is 5.11 Å². The fraction of sp³-hybridized carbons (Fsp3) is 0.0952. The third-order valence-corrected chi connectivity index (χ3v) is 5.37. The molecule has 1 aliphatic heterocycles. The lowest BCUT2D eigenvalue weighted by Gasteiger charge is -2.12. The van der Waals surface area contributed by atoms with E-state index in [0.29, 0.717) is 9.23 Å². The number of thiocarbonyl (C=S) groups is 1. The molecule has 0 atom stereocenters. The van der Waals surface area contributed by atoms with E-state index in [1.807, 2.05) is 36.4 Å². The Bertz CT molecular complexity index is 918. The van der Waals surface area contributed by atoms with E-state index >= 15 is 0 Å². The van der Waals surface area contributed by atoms with Crippen molar-refractivity contribution in [2.24, 2.45) is 0 Å².